The van der Waals surface area contributed by atoms with Crippen molar-refractivity contribution >= 4 is 35.0 Å². The molecule has 0 saturated carbocycles. The van der Waals surface area contributed by atoms with E-state index in [0.717, 1.165) is 15.6 Å². The molecule has 22 heavy (non-hydrogen) atoms. The molecule has 1 aromatic carbocycles. The second-order valence-corrected chi connectivity index (χ2v) is 6.10. The number of hydrogen-bond acceptors (Lipinski definition) is 4. The quantitative estimate of drug-likeness (QED) is 0.533. The molecule has 0 bridgehead atoms. The first-order chi connectivity index (χ1) is 10.7. The number of benzene rings is 1. The van der Waals surface area contributed by atoms with Crippen molar-refractivity contribution in [2.75, 3.05) is 7.11 Å². The SMILES string of the molecule is COC(=O)c1cccn2cc(CSc3ccc(Cl)cc3)nc12. The fourth-order valence-electron chi connectivity index (χ4n) is 2.09. The van der Waals surface area contributed by atoms with E-state index in [1.807, 2.05) is 41.1 Å². The highest BCUT2D eigenvalue weighted by molar-refractivity contribution is 7.98. The zero-order valence-electron chi connectivity index (χ0n) is 11.8. The number of thioether (sulfide) groups is 1. The molecule has 3 rings (SSSR count). The highest BCUT2D eigenvalue weighted by Gasteiger charge is 2.13. The van der Waals surface area contributed by atoms with E-state index >= 15 is 0 Å². The number of methoxy groups -OCH3 is 1. The van der Waals surface area contributed by atoms with Crippen LogP contribution in [0.3, 0.4) is 0 Å². The van der Waals surface area contributed by atoms with Crippen molar-refractivity contribution in [3.8, 4) is 0 Å². The van der Waals surface area contributed by atoms with E-state index in [9.17, 15) is 4.79 Å². The third kappa shape index (κ3) is 3.10. The molecule has 0 N–H and O–H groups in total. The normalized spacial score (nSPS) is 10.8. The van der Waals surface area contributed by atoms with Crippen molar-refractivity contribution < 1.29 is 9.53 Å². The molecule has 2 heterocycles. The van der Waals surface area contributed by atoms with Gasteiger partial charge in [0.15, 0.2) is 5.65 Å². The number of halogens is 1. The number of pyridine rings is 1. The van der Waals surface area contributed by atoms with Crippen LogP contribution in [0.4, 0.5) is 0 Å². The molecule has 112 valence electrons. The zero-order chi connectivity index (χ0) is 15.5. The van der Waals surface area contributed by atoms with Crippen LogP contribution in [0.15, 0.2) is 53.7 Å². The zero-order valence-corrected chi connectivity index (χ0v) is 13.4. The van der Waals surface area contributed by atoms with Gasteiger partial charge in [0.1, 0.15) is 5.56 Å². The Labute approximate surface area is 137 Å². The molecule has 0 saturated heterocycles. The summed E-state index contributed by atoms with van der Waals surface area (Å²) >= 11 is 7.54. The molecule has 0 fully saturated rings. The Kier molecular flexibility index (Phi) is 4.36. The monoisotopic (exact) mass is 332 g/mol. The minimum atomic E-state index is -0.381. The highest BCUT2D eigenvalue weighted by Crippen LogP contribution is 2.24. The maximum Gasteiger partial charge on any atom is 0.341 e. The van der Waals surface area contributed by atoms with Crippen molar-refractivity contribution in [3.63, 3.8) is 0 Å². The molecule has 2 aromatic heterocycles. The van der Waals surface area contributed by atoms with Gasteiger partial charge in [-0.05, 0) is 36.4 Å². The Hall–Kier alpha value is -1.98. The van der Waals surface area contributed by atoms with Crippen LogP contribution in [0.5, 0.6) is 0 Å². The summed E-state index contributed by atoms with van der Waals surface area (Å²) in [7, 11) is 1.37. The molecule has 0 amide bonds. The maximum absolute atomic E-state index is 11.8. The van der Waals surface area contributed by atoms with Crippen LogP contribution in [-0.4, -0.2) is 22.5 Å². The standard InChI is InChI=1S/C16H13ClN2O2S/c1-21-16(20)14-3-2-8-19-9-12(18-15(14)19)10-22-13-6-4-11(17)5-7-13/h2-9H,10H2,1H3. The lowest BCUT2D eigenvalue weighted by Gasteiger charge is -2.00. The summed E-state index contributed by atoms with van der Waals surface area (Å²) in [6, 6.07) is 11.2. The number of imidazole rings is 1. The number of nitrogens with zero attached hydrogens (tertiary/aromatic N) is 2. The van der Waals surface area contributed by atoms with E-state index < -0.39 is 0 Å². The lowest BCUT2D eigenvalue weighted by molar-refractivity contribution is 0.0602. The molecule has 0 spiro atoms. The van der Waals surface area contributed by atoms with Gasteiger partial charge in [-0.25, -0.2) is 9.78 Å². The first kappa shape index (κ1) is 14.9. The summed E-state index contributed by atoms with van der Waals surface area (Å²) in [4.78, 5) is 17.4. The molecule has 3 aromatic rings. The number of rotatable bonds is 4. The van der Waals surface area contributed by atoms with E-state index in [1.165, 1.54) is 7.11 Å². The van der Waals surface area contributed by atoms with E-state index in [4.69, 9.17) is 16.3 Å². The van der Waals surface area contributed by atoms with E-state index in [2.05, 4.69) is 4.98 Å². The van der Waals surface area contributed by atoms with Crippen molar-refractivity contribution in [1.82, 2.24) is 9.38 Å². The summed E-state index contributed by atoms with van der Waals surface area (Å²) in [6.07, 6.45) is 3.79. The van der Waals surface area contributed by atoms with Gasteiger partial charge < -0.3 is 9.14 Å². The number of carbonyl (C=O) groups excluding carboxylic acids is 1. The van der Waals surface area contributed by atoms with E-state index in [-0.39, 0.29) is 5.97 Å². The molecule has 0 aliphatic heterocycles. The van der Waals surface area contributed by atoms with Gasteiger partial charge in [0.05, 0.1) is 12.8 Å². The van der Waals surface area contributed by atoms with Gasteiger partial charge in [0.2, 0.25) is 0 Å². The number of ether oxygens (including phenoxy) is 1. The van der Waals surface area contributed by atoms with E-state index in [1.54, 1.807) is 23.9 Å². The fourth-order valence-corrected chi connectivity index (χ4v) is 3.00. The third-order valence-corrected chi connectivity index (χ3v) is 4.44. The molecule has 6 heteroatoms. The van der Waals surface area contributed by atoms with Gasteiger partial charge in [-0.2, -0.15) is 0 Å². The Morgan fingerprint density at radius 3 is 2.82 bits per heavy atom. The summed E-state index contributed by atoms with van der Waals surface area (Å²) in [5.41, 5.74) is 1.98. The molecule has 0 radical (unpaired) electrons. The van der Waals surface area contributed by atoms with Gasteiger partial charge >= 0.3 is 5.97 Å². The molecule has 0 atom stereocenters. The predicted molar refractivity (Wildman–Crippen MR) is 87.5 cm³/mol. The Bertz CT molecular complexity index is 815. The van der Waals surface area contributed by atoms with Gasteiger partial charge in [0.25, 0.3) is 0 Å². The number of esters is 1. The van der Waals surface area contributed by atoms with Crippen LogP contribution < -0.4 is 0 Å². The Balaban J connectivity index is 1.83. The summed E-state index contributed by atoms with van der Waals surface area (Å²) in [5, 5.41) is 0.722. The van der Waals surface area contributed by atoms with Crippen molar-refractivity contribution in [3.05, 3.63) is 65.1 Å². The molecule has 0 aliphatic rings. The number of hydrogen-bond donors (Lipinski definition) is 0. The topological polar surface area (TPSA) is 43.6 Å². The van der Waals surface area contributed by atoms with Crippen LogP contribution in [-0.2, 0) is 10.5 Å². The number of aromatic nitrogens is 2. The summed E-state index contributed by atoms with van der Waals surface area (Å²) < 4.78 is 6.62. The molecule has 0 aliphatic carbocycles. The van der Waals surface area contributed by atoms with Gasteiger partial charge in [0, 0.05) is 28.1 Å². The fraction of sp³-hybridized carbons (Fsp3) is 0.125. The van der Waals surface area contributed by atoms with Crippen molar-refractivity contribution in [2.45, 2.75) is 10.6 Å². The largest absolute Gasteiger partial charge is 0.465 e. The number of carbonyl (C=O) groups is 1. The van der Waals surface area contributed by atoms with Crippen LogP contribution in [0.25, 0.3) is 5.65 Å². The smallest absolute Gasteiger partial charge is 0.341 e. The first-order valence-electron chi connectivity index (χ1n) is 6.60. The van der Waals surface area contributed by atoms with Crippen LogP contribution >= 0.6 is 23.4 Å². The highest BCUT2D eigenvalue weighted by atomic mass is 35.5. The second kappa shape index (κ2) is 6.42. The van der Waals surface area contributed by atoms with Gasteiger partial charge in [-0.3, -0.25) is 0 Å². The minimum Gasteiger partial charge on any atom is -0.465 e. The molecular formula is C16H13ClN2O2S. The average molecular weight is 333 g/mol. The van der Waals surface area contributed by atoms with Crippen LogP contribution in [0, 0.1) is 0 Å². The number of fused-ring (bicyclic) bond motifs is 1. The molecule has 4 nitrogen and oxygen atoms in total. The minimum absolute atomic E-state index is 0.381. The third-order valence-electron chi connectivity index (χ3n) is 3.14. The Morgan fingerprint density at radius 2 is 2.09 bits per heavy atom. The van der Waals surface area contributed by atoms with Crippen molar-refractivity contribution in [1.29, 1.82) is 0 Å². The lowest BCUT2D eigenvalue weighted by Crippen LogP contribution is -2.03. The van der Waals surface area contributed by atoms with Gasteiger partial charge in [-0.15, -0.1) is 11.8 Å². The van der Waals surface area contributed by atoms with Crippen molar-refractivity contribution in [2.24, 2.45) is 0 Å². The summed E-state index contributed by atoms with van der Waals surface area (Å²) in [5.74, 6) is 0.331. The molecular weight excluding hydrogens is 320 g/mol. The Morgan fingerprint density at radius 1 is 1.32 bits per heavy atom. The first-order valence-corrected chi connectivity index (χ1v) is 7.97. The maximum atomic E-state index is 11.8. The average Bonchev–Trinajstić information content (AvgIpc) is 2.96. The predicted octanol–water partition coefficient (Wildman–Crippen LogP) is 4.07. The van der Waals surface area contributed by atoms with E-state index in [0.29, 0.717) is 17.0 Å². The molecule has 0 unspecified atom stereocenters. The van der Waals surface area contributed by atoms with Gasteiger partial charge in [-0.1, -0.05) is 11.6 Å². The lowest BCUT2D eigenvalue weighted by atomic mass is 10.3. The van der Waals surface area contributed by atoms with Crippen LogP contribution in [0.1, 0.15) is 16.1 Å². The second-order valence-electron chi connectivity index (χ2n) is 4.62. The van der Waals surface area contributed by atoms with Crippen LogP contribution in [0.2, 0.25) is 5.02 Å². The summed E-state index contributed by atoms with van der Waals surface area (Å²) in [6.45, 7) is 0.